The number of benzene rings is 4. The molecule has 0 radical (unpaired) electrons. The van der Waals surface area contributed by atoms with Crippen LogP contribution in [0.25, 0.3) is 27.8 Å². The van der Waals surface area contributed by atoms with Gasteiger partial charge in [-0.05, 0) is 75.6 Å². The standard InChI is InChI=1S/C35H28O2/c1-5-12-29-23(6-2)24-13-7-9-16-30(24)35(29)31-17-10-8-14-27(31)33-25(15-11-18-32(33)35)28-21-22(3)19-20-26(28)34(36)37-4/h5-21H,1H2,2-4H3/b23-6-,29-12+. The van der Waals surface area contributed by atoms with Crippen LogP contribution >= 0.6 is 0 Å². The number of allylic oxidation sites excluding steroid dienone is 5. The predicted molar refractivity (Wildman–Crippen MR) is 152 cm³/mol. The third-order valence-corrected chi connectivity index (χ3v) is 7.83. The van der Waals surface area contributed by atoms with Crippen molar-refractivity contribution in [2.45, 2.75) is 19.3 Å². The van der Waals surface area contributed by atoms with Crippen LogP contribution < -0.4 is 0 Å². The van der Waals surface area contributed by atoms with Crippen molar-refractivity contribution < 1.29 is 9.53 Å². The first kappa shape index (κ1) is 23.0. The molecule has 4 aromatic rings. The van der Waals surface area contributed by atoms with E-state index in [4.69, 9.17) is 4.74 Å². The van der Waals surface area contributed by atoms with Gasteiger partial charge in [-0.15, -0.1) is 0 Å². The summed E-state index contributed by atoms with van der Waals surface area (Å²) in [7, 11) is 1.44. The van der Waals surface area contributed by atoms with Crippen LogP contribution in [0.3, 0.4) is 0 Å². The molecule has 0 bridgehead atoms. The highest BCUT2D eigenvalue weighted by molar-refractivity contribution is 6.06. The second kappa shape index (κ2) is 8.60. The Hall–Kier alpha value is -4.43. The fourth-order valence-corrected chi connectivity index (χ4v) is 6.48. The Morgan fingerprint density at radius 3 is 2.16 bits per heavy atom. The number of esters is 1. The summed E-state index contributed by atoms with van der Waals surface area (Å²) in [6.07, 6.45) is 6.27. The van der Waals surface area contributed by atoms with Crippen molar-refractivity contribution in [1.29, 1.82) is 0 Å². The highest BCUT2D eigenvalue weighted by Crippen LogP contribution is 2.64. The Morgan fingerprint density at radius 1 is 0.811 bits per heavy atom. The van der Waals surface area contributed by atoms with Gasteiger partial charge in [-0.25, -0.2) is 4.79 Å². The number of carbonyl (C=O) groups is 1. The van der Waals surface area contributed by atoms with Crippen LogP contribution in [0, 0.1) is 6.92 Å². The summed E-state index contributed by atoms with van der Waals surface area (Å²) in [6, 6.07) is 29.8. The van der Waals surface area contributed by atoms with Crippen LogP contribution in [-0.2, 0) is 10.2 Å². The average molecular weight is 481 g/mol. The number of hydrogen-bond donors (Lipinski definition) is 0. The second-order valence-electron chi connectivity index (χ2n) is 9.63. The largest absolute Gasteiger partial charge is 0.465 e. The molecule has 0 heterocycles. The van der Waals surface area contributed by atoms with Gasteiger partial charge in [0, 0.05) is 0 Å². The Labute approximate surface area is 218 Å². The number of methoxy groups -OCH3 is 1. The summed E-state index contributed by atoms with van der Waals surface area (Å²) in [5.41, 5.74) is 12.9. The topological polar surface area (TPSA) is 26.3 Å². The van der Waals surface area contributed by atoms with Crippen molar-refractivity contribution in [3.05, 3.63) is 149 Å². The first-order chi connectivity index (χ1) is 18.1. The minimum absolute atomic E-state index is 0.330. The SMILES string of the molecule is C=C/C=C1\C(=C/C)c2ccccc2C12c1ccccc1-c1c(-c3cc(C)ccc3C(=O)OC)cccc12. The lowest BCUT2D eigenvalue weighted by atomic mass is 9.70. The zero-order valence-corrected chi connectivity index (χ0v) is 21.3. The molecule has 0 aliphatic heterocycles. The number of aryl methyl sites for hydroxylation is 1. The fourth-order valence-electron chi connectivity index (χ4n) is 6.48. The van der Waals surface area contributed by atoms with E-state index >= 15 is 0 Å². The summed E-state index contributed by atoms with van der Waals surface area (Å²) in [6.45, 7) is 8.24. The van der Waals surface area contributed by atoms with Crippen molar-refractivity contribution >= 4 is 11.5 Å². The van der Waals surface area contributed by atoms with Gasteiger partial charge in [0.1, 0.15) is 0 Å². The predicted octanol–water partition coefficient (Wildman–Crippen LogP) is 8.29. The van der Waals surface area contributed by atoms with Crippen LogP contribution in [0.1, 0.15) is 45.1 Å². The zero-order chi connectivity index (χ0) is 25.7. The lowest BCUT2D eigenvalue weighted by Gasteiger charge is -2.31. The van der Waals surface area contributed by atoms with E-state index in [9.17, 15) is 4.79 Å². The molecule has 0 fully saturated rings. The normalized spacial score (nSPS) is 19.1. The summed E-state index contributed by atoms with van der Waals surface area (Å²) in [4.78, 5) is 12.8. The van der Waals surface area contributed by atoms with Gasteiger partial charge >= 0.3 is 5.97 Å². The van der Waals surface area contributed by atoms with Crippen LogP contribution in [-0.4, -0.2) is 13.1 Å². The maximum absolute atomic E-state index is 12.8. The molecule has 2 aliphatic rings. The highest BCUT2D eigenvalue weighted by atomic mass is 16.5. The summed E-state index contributed by atoms with van der Waals surface area (Å²) >= 11 is 0. The van der Waals surface area contributed by atoms with Crippen molar-refractivity contribution in [2.24, 2.45) is 0 Å². The molecule has 1 unspecified atom stereocenters. The maximum atomic E-state index is 12.8. The summed E-state index contributed by atoms with van der Waals surface area (Å²) < 4.78 is 5.18. The molecule has 1 atom stereocenters. The summed E-state index contributed by atoms with van der Waals surface area (Å²) in [5.74, 6) is -0.330. The monoisotopic (exact) mass is 480 g/mol. The molecule has 6 rings (SSSR count). The third kappa shape index (κ3) is 3.02. The first-order valence-corrected chi connectivity index (χ1v) is 12.6. The smallest absolute Gasteiger partial charge is 0.338 e. The van der Waals surface area contributed by atoms with Crippen molar-refractivity contribution in [1.82, 2.24) is 0 Å². The molecule has 0 N–H and O–H groups in total. The van der Waals surface area contributed by atoms with Crippen LogP contribution in [0.15, 0.2) is 115 Å². The Balaban J connectivity index is 1.79. The molecule has 0 amide bonds. The quantitative estimate of drug-likeness (QED) is 0.276. The number of rotatable bonds is 3. The van der Waals surface area contributed by atoms with E-state index in [-0.39, 0.29) is 5.97 Å². The lowest BCUT2D eigenvalue weighted by Crippen LogP contribution is -2.26. The van der Waals surface area contributed by atoms with Crippen LogP contribution in [0.4, 0.5) is 0 Å². The number of ether oxygens (including phenoxy) is 1. The molecule has 2 nitrogen and oxygen atoms in total. The van der Waals surface area contributed by atoms with E-state index in [1.165, 1.54) is 46.1 Å². The van der Waals surface area contributed by atoms with E-state index in [2.05, 4.69) is 105 Å². The van der Waals surface area contributed by atoms with Gasteiger partial charge in [-0.3, -0.25) is 0 Å². The molecule has 1 spiro atoms. The molecule has 2 aliphatic carbocycles. The molecular formula is C35H28O2. The average Bonchev–Trinajstić information content (AvgIpc) is 3.39. The first-order valence-electron chi connectivity index (χ1n) is 12.6. The molecule has 4 aromatic carbocycles. The van der Waals surface area contributed by atoms with Gasteiger partial charge in [0.25, 0.3) is 0 Å². The Morgan fingerprint density at radius 2 is 1.46 bits per heavy atom. The van der Waals surface area contributed by atoms with Crippen molar-refractivity contribution in [3.63, 3.8) is 0 Å². The highest BCUT2D eigenvalue weighted by Gasteiger charge is 2.53. The maximum Gasteiger partial charge on any atom is 0.338 e. The minimum Gasteiger partial charge on any atom is -0.465 e. The second-order valence-corrected chi connectivity index (χ2v) is 9.63. The zero-order valence-electron chi connectivity index (χ0n) is 21.3. The number of carbonyl (C=O) groups excluding carboxylic acids is 1. The van der Waals surface area contributed by atoms with E-state index in [0.717, 1.165) is 22.3 Å². The number of hydrogen-bond acceptors (Lipinski definition) is 2. The van der Waals surface area contributed by atoms with Gasteiger partial charge in [-0.1, -0.05) is 109 Å². The van der Waals surface area contributed by atoms with Gasteiger partial charge in [0.15, 0.2) is 0 Å². The third-order valence-electron chi connectivity index (χ3n) is 7.83. The van der Waals surface area contributed by atoms with E-state index < -0.39 is 5.41 Å². The van der Waals surface area contributed by atoms with Crippen molar-refractivity contribution in [3.8, 4) is 22.3 Å². The van der Waals surface area contributed by atoms with E-state index in [1.807, 2.05) is 18.2 Å². The van der Waals surface area contributed by atoms with E-state index in [0.29, 0.717) is 5.56 Å². The number of fused-ring (bicyclic) bond motifs is 7. The Bertz CT molecular complexity index is 1670. The van der Waals surface area contributed by atoms with Gasteiger partial charge in [0.2, 0.25) is 0 Å². The minimum atomic E-state index is -0.468. The lowest BCUT2D eigenvalue weighted by molar-refractivity contribution is 0.0601. The molecule has 180 valence electrons. The van der Waals surface area contributed by atoms with Gasteiger partial charge in [0.05, 0.1) is 18.1 Å². The molecule has 2 heteroatoms. The van der Waals surface area contributed by atoms with Crippen LogP contribution in [0.5, 0.6) is 0 Å². The molecule has 0 saturated heterocycles. The van der Waals surface area contributed by atoms with Gasteiger partial charge < -0.3 is 4.74 Å². The summed E-state index contributed by atoms with van der Waals surface area (Å²) in [5, 5.41) is 0. The van der Waals surface area contributed by atoms with Gasteiger partial charge in [-0.2, -0.15) is 0 Å². The molecular weight excluding hydrogens is 452 g/mol. The molecule has 0 aromatic heterocycles. The van der Waals surface area contributed by atoms with E-state index in [1.54, 1.807) is 0 Å². The van der Waals surface area contributed by atoms with Crippen molar-refractivity contribution in [2.75, 3.05) is 7.11 Å². The molecule has 0 saturated carbocycles. The van der Waals surface area contributed by atoms with Crippen LogP contribution in [0.2, 0.25) is 0 Å². The molecule has 37 heavy (non-hydrogen) atoms. The fraction of sp³-hybridized carbons (Fsp3) is 0.114. The Kier molecular flexibility index (Phi) is 5.35.